The zero-order valence-electron chi connectivity index (χ0n) is 10.3. The molecule has 7 heteroatoms. The van der Waals surface area contributed by atoms with Crippen LogP contribution < -0.4 is 11.5 Å². The van der Waals surface area contributed by atoms with E-state index >= 15 is 0 Å². The smallest absolute Gasteiger partial charge is 0.166 e. The molecule has 0 rings (SSSR count). The number of ketones is 4. The number of nitrogens with two attached hydrogens (primary N) is 2. The Morgan fingerprint density at radius 3 is 0.824 bits per heavy atom. The minimum Gasteiger partial charge on any atom is -0.412 e. The van der Waals surface area contributed by atoms with Crippen LogP contribution in [0, 0.1) is 0 Å². The third-order valence-corrected chi connectivity index (χ3v) is 2.84. The molecular weight excluding hydrogens is 228 g/mol. The Bertz CT molecular complexity index is 311. The van der Waals surface area contributed by atoms with E-state index in [4.69, 9.17) is 11.5 Å². The third kappa shape index (κ3) is 2.31. The Labute approximate surface area is 98.8 Å². The summed E-state index contributed by atoms with van der Waals surface area (Å²) >= 11 is 0. The van der Waals surface area contributed by atoms with E-state index in [1.807, 2.05) is 0 Å². The first-order chi connectivity index (χ1) is 7.02. The molecule has 0 saturated heterocycles. The molecule has 0 aliphatic carbocycles. The number of carbonyl (C=O) groups excluding carboxylic acids is 4. The van der Waals surface area contributed by atoms with Crippen LogP contribution in [0.2, 0.25) is 0 Å². The number of rotatable bonds is 5. The van der Waals surface area contributed by atoms with Gasteiger partial charge in [0.25, 0.3) is 0 Å². The van der Waals surface area contributed by atoms with Crippen molar-refractivity contribution in [2.24, 2.45) is 11.5 Å². The van der Waals surface area contributed by atoms with Crippen molar-refractivity contribution in [2.45, 2.75) is 38.8 Å². The predicted molar refractivity (Wildman–Crippen MR) is 60.2 cm³/mol. The van der Waals surface area contributed by atoms with Crippen LogP contribution in [0.4, 0.5) is 0 Å². The number of hydrogen-bond donors (Lipinski definition) is 2. The summed E-state index contributed by atoms with van der Waals surface area (Å²) < 4.78 is 0. The van der Waals surface area contributed by atoms with Crippen LogP contribution in [0.3, 0.4) is 0 Å². The van der Waals surface area contributed by atoms with Gasteiger partial charge in [0.2, 0.25) is 0 Å². The normalized spacial score (nSPS) is 11.4. The van der Waals surface area contributed by atoms with Gasteiger partial charge >= 0.3 is 0 Å². The molecule has 0 atom stereocenters. The van der Waals surface area contributed by atoms with Crippen LogP contribution in [0.15, 0.2) is 0 Å². The molecule has 0 aromatic rings. The summed E-state index contributed by atoms with van der Waals surface area (Å²) in [7, 11) is 0. The number of hydrogen-bond acceptors (Lipinski definition) is 6. The second-order valence-electron chi connectivity index (χ2n) is 3.84. The van der Waals surface area contributed by atoms with Crippen molar-refractivity contribution in [1.29, 1.82) is 0 Å². The van der Waals surface area contributed by atoms with Gasteiger partial charge in [-0.2, -0.15) is 0 Å². The van der Waals surface area contributed by atoms with Crippen LogP contribution in [-0.2, 0) is 19.2 Å². The second-order valence-corrected chi connectivity index (χ2v) is 3.84. The molecule has 0 aliphatic rings. The van der Waals surface area contributed by atoms with Crippen molar-refractivity contribution in [2.75, 3.05) is 0 Å². The Kier molecular flexibility index (Phi) is 5.55. The topological polar surface area (TPSA) is 152 Å². The molecule has 0 unspecified atom stereocenters. The van der Waals surface area contributed by atoms with E-state index in [9.17, 15) is 19.2 Å². The van der Waals surface area contributed by atoms with Crippen LogP contribution in [-0.4, -0.2) is 39.7 Å². The standard InChI is InChI=1S/C10H16N2O4.H2O/c1-5(13)9(11,6(2)14)10(12,7(3)15)8(4)16;/h11-12H2,1-4H3;1H2. The summed E-state index contributed by atoms with van der Waals surface area (Å²) in [6.45, 7) is 4.09. The largest absolute Gasteiger partial charge is 0.412 e. The van der Waals surface area contributed by atoms with Crippen molar-refractivity contribution >= 4 is 23.1 Å². The molecule has 0 saturated carbocycles. The van der Waals surface area contributed by atoms with Gasteiger partial charge in [-0.25, -0.2) is 0 Å². The van der Waals surface area contributed by atoms with Gasteiger partial charge in [0.05, 0.1) is 0 Å². The molecule has 98 valence electrons. The van der Waals surface area contributed by atoms with E-state index in [0.717, 1.165) is 27.7 Å². The predicted octanol–water partition coefficient (Wildman–Crippen LogP) is -2.09. The van der Waals surface area contributed by atoms with Crippen molar-refractivity contribution < 1.29 is 24.7 Å². The SMILES string of the molecule is CC(=O)C(N)(C(C)=O)C(N)(C(C)=O)C(C)=O.O. The maximum atomic E-state index is 11.4. The van der Waals surface area contributed by atoms with E-state index < -0.39 is 34.2 Å². The maximum absolute atomic E-state index is 11.4. The molecule has 7 nitrogen and oxygen atoms in total. The van der Waals surface area contributed by atoms with Gasteiger partial charge in [0.1, 0.15) is 0 Å². The lowest BCUT2D eigenvalue weighted by atomic mass is 9.68. The van der Waals surface area contributed by atoms with Crippen LogP contribution in [0.5, 0.6) is 0 Å². The van der Waals surface area contributed by atoms with Gasteiger partial charge < -0.3 is 16.9 Å². The van der Waals surface area contributed by atoms with Crippen LogP contribution in [0.25, 0.3) is 0 Å². The van der Waals surface area contributed by atoms with Gasteiger partial charge in [-0.1, -0.05) is 0 Å². The Morgan fingerprint density at radius 1 is 0.647 bits per heavy atom. The number of carbonyl (C=O) groups is 4. The first-order valence-corrected chi connectivity index (χ1v) is 4.64. The summed E-state index contributed by atoms with van der Waals surface area (Å²) in [4.78, 5) is 45.7. The average molecular weight is 246 g/mol. The molecule has 0 aromatic carbocycles. The highest BCUT2D eigenvalue weighted by Crippen LogP contribution is 2.22. The summed E-state index contributed by atoms with van der Waals surface area (Å²) in [6.07, 6.45) is 0. The van der Waals surface area contributed by atoms with Crippen molar-refractivity contribution in [3.8, 4) is 0 Å². The summed E-state index contributed by atoms with van der Waals surface area (Å²) in [5.41, 5.74) is 6.59. The molecule has 17 heavy (non-hydrogen) atoms. The number of Topliss-reactive ketones (excluding diaryl/α,β-unsaturated/α-hetero) is 4. The Morgan fingerprint density at radius 2 is 0.765 bits per heavy atom. The molecule has 0 aliphatic heterocycles. The fraction of sp³-hybridized carbons (Fsp3) is 0.600. The molecule has 0 heterocycles. The van der Waals surface area contributed by atoms with E-state index in [0.29, 0.717) is 0 Å². The monoisotopic (exact) mass is 246 g/mol. The van der Waals surface area contributed by atoms with Crippen molar-refractivity contribution in [3.05, 3.63) is 0 Å². The molecule has 0 bridgehead atoms. The molecule has 0 amide bonds. The fourth-order valence-electron chi connectivity index (χ4n) is 1.61. The maximum Gasteiger partial charge on any atom is 0.166 e. The minimum absolute atomic E-state index is 0. The highest BCUT2D eigenvalue weighted by molar-refractivity contribution is 6.25. The Hall–Kier alpha value is -1.44. The highest BCUT2D eigenvalue weighted by atomic mass is 16.2. The Balaban J connectivity index is 0. The highest BCUT2D eigenvalue weighted by Gasteiger charge is 2.59. The molecule has 6 N–H and O–H groups in total. The van der Waals surface area contributed by atoms with Gasteiger partial charge in [0, 0.05) is 0 Å². The quantitative estimate of drug-likeness (QED) is 0.530. The molecule has 0 aromatic heterocycles. The van der Waals surface area contributed by atoms with E-state index in [2.05, 4.69) is 0 Å². The van der Waals surface area contributed by atoms with Crippen LogP contribution >= 0.6 is 0 Å². The summed E-state index contributed by atoms with van der Waals surface area (Å²) in [5.74, 6) is -3.25. The average Bonchev–Trinajstić information content (AvgIpc) is 2.13. The van der Waals surface area contributed by atoms with E-state index in [-0.39, 0.29) is 5.48 Å². The lowest BCUT2D eigenvalue weighted by Gasteiger charge is -2.38. The zero-order valence-corrected chi connectivity index (χ0v) is 10.3. The lowest BCUT2D eigenvalue weighted by molar-refractivity contribution is -0.147. The van der Waals surface area contributed by atoms with Gasteiger partial charge in [-0.3, -0.25) is 19.2 Å². The van der Waals surface area contributed by atoms with Crippen molar-refractivity contribution in [1.82, 2.24) is 0 Å². The summed E-state index contributed by atoms with van der Waals surface area (Å²) in [6, 6.07) is 0. The van der Waals surface area contributed by atoms with E-state index in [1.165, 1.54) is 0 Å². The molecule has 0 spiro atoms. The zero-order chi connectivity index (χ0) is 13.3. The lowest BCUT2D eigenvalue weighted by Crippen LogP contribution is -2.78. The molecular formula is C10H18N2O5. The summed E-state index contributed by atoms with van der Waals surface area (Å²) in [5, 5.41) is 0. The van der Waals surface area contributed by atoms with Crippen molar-refractivity contribution in [3.63, 3.8) is 0 Å². The van der Waals surface area contributed by atoms with Crippen LogP contribution in [0.1, 0.15) is 27.7 Å². The third-order valence-electron chi connectivity index (χ3n) is 2.84. The second kappa shape index (κ2) is 5.26. The first-order valence-electron chi connectivity index (χ1n) is 4.64. The van der Waals surface area contributed by atoms with Gasteiger partial charge in [-0.05, 0) is 27.7 Å². The fourth-order valence-corrected chi connectivity index (χ4v) is 1.61. The minimum atomic E-state index is -2.30. The van der Waals surface area contributed by atoms with Gasteiger partial charge in [-0.15, -0.1) is 0 Å². The molecule has 0 radical (unpaired) electrons. The first kappa shape index (κ1) is 17.9. The molecule has 0 fully saturated rings. The van der Waals surface area contributed by atoms with E-state index in [1.54, 1.807) is 0 Å². The van der Waals surface area contributed by atoms with Gasteiger partial charge in [0.15, 0.2) is 34.2 Å².